The van der Waals surface area contributed by atoms with Crippen molar-refractivity contribution >= 4 is 41.8 Å². The molecule has 2 aliphatic heterocycles. The van der Waals surface area contributed by atoms with Gasteiger partial charge in [-0.15, -0.1) is 5.10 Å². The van der Waals surface area contributed by atoms with Crippen molar-refractivity contribution in [1.29, 1.82) is 0 Å². The summed E-state index contributed by atoms with van der Waals surface area (Å²) in [7, 11) is -3.48. The number of halogens is 1. The van der Waals surface area contributed by atoms with Gasteiger partial charge in [0.25, 0.3) is 17.0 Å². The monoisotopic (exact) mass is 772 g/mol. The molecule has 5 heterocycles. The Labute approximate surface area is 321 Å². The number of carbonyl (C=O) groups is 1. The fraction of sp³-hybridized carbons (Fsp3) is 0.293. The van der Waals surface area contributed by atoms with E-state index in [0.29, 0.717) is 69.5 Å². The maximum atomic E-state index is 16.6. The molecule has 3 N–H and O–H groups in total. The van der Waals surface area contributed by atoms with Gasteiger partial charge in [0.05, 0.1) is 57.2 Å². The van der Waals surface area contributed by atoms with Crippen LogP contribution in [0.15, 0.2) is 107 Å². The molecule has 7 aromatic rings. The van der Waals surface area contributed by atoms with E-state index >= 15 is 8.90 Å². The Morgan fingerprint density at radius 2 is 1.54 bits per heavy atom. The van der Waals surface area contributed by atoms with E-state index in [1.807, 2.05) is 79.7 Å². The van der Waals surface area contributed by atoms with Crippen LogP contribution in [0.25, 0.3) is 33.2 Å². The van der Waals surface area contributed by atoms with Crippen LogP contribution in [-0.4, -0.2) is 66.7 Å². The zero-order chi connectivity index (χ0) is 38.9. The molecule has 0 saturated carbocycles. The van der Waals surface area contributed by atoms with Gasteiger partial charge in [-0.3, -0.25) is 29.3 Å². The summed E-state index contributed by atoms with van der Waals surface area (Å²) >= 11 is 0. The normalized spacial score (nSPS) is 20.9. The largest absolute Gasteiger partial charge is 0.396 e. The smallest absolute Gasteiger partial charge is 0.279 e. The summed E-state index contributed by atoms with van der Waals surface area (Å²) in [6, 6.07) is 27.5. The molecule has 13 nitrogen and oxygen atoms in total. The molecular weight excluding hydrogens is 732 g/mol. The van der Waals surface area contributed by atoms with Gasteiger partial charge in [0.15, 0.2) is 5.60 Å². The minimum Gasteiger partial charge on any atom is -0.396 e. The summed E-state index contributed by atoms with van der Waals surface area (Å²) in [6.45, 7) is 5.70. The maximum Gasteiger partial charge on any atom is 0.279 e. The molecule has 3 aromatic heterocycles. The van der Waals surface area contributed by atoms with Crippen molar-refractivity contribution in [3.63, 3.8) is 0 Å². The summed E-state index contributed by atoms with van der Waals surface area (Å²) in [6.07, 6.45) is 1.88. The number of carbonyl (C=O) groups excluding carboxylic acids is 1. The number of aromatic amines is 2. The summed E-state index contributed by atoms with van der Waals surface area (Å²) < 4.78 is 28.3. The molecular formula is C41H41FN8O5Si. The van der Waals surface area contributed by atoms with Gasteiger partial charge >= 0.3 is 0 Å². The number of ether oxygens (including phenoxy) is 1. The van der Waals surface area contributed by atoms with Crippen molar-refractivity contribution < 1.29 is 18.7 Å². The van der Waals surface area contributed by atoms with Crippen LogP contribution in [0.1, 0.15) is 30.2 Å². The van der Waals surface area contributed by atoms with Gasteiger partial charge in [-0.1, -0.05) is 48.5 Å². The highest BCUT2D eigenvalue weighted by Gasteiger charge is 2.66. The number of nitrogens with one attached hydrogen (secondary N) is 2. The number of rotatable bonds is 10. The predicted molar refractivity (Wildman–Crippen MR) is 212 cm³/mol. The molecule has 0 bridgehead atoms. The van der Waals surface area contributed by atoms with Gasteiger partial charge in [0.2, 0.25) is 8.41 Å². The fourth-order valence-corrected chi connectivity index (χ4v) is 11.5. The number of anilines is 1. The van der Waals surface area contributed by atoms with Crippen LogP contribution in [0.2, 0.25) is 18.6 Å². The number of para-hydroxylation sites is 2. The number of nitrogens with zero attached hydrogens (tertiary/aromatic N) is 6. The quantitative estimate of drug-likeness (QED) is 0.123. The zero-order valence-electron chi connectivity index (χ0n) is 31.1. The van der Waals surface area contributed by atoms with E-state index in [1.54, 1.807) is 47.1 Å². The van der Waals surface area contributed by atoms with E-state index in [9.17, 15) is 14.7 Å². The molecule has 1 saturated heterocycles. The van der Waals surface area contributed by atoms with E-state index in [2.05, 4.69) is 20.5 Å². The van der Waals surface area contributed by atoms with Crippen LogP contribution >= 0.6 is 0 Å². The van der Waals surface area contributed by atoms with E-state index in [1.165, 1.54) is 9.36 Å². The van der Waals surface area contributed by atoms with Gasteiger partial charge < -0.3 is 18.9 Å². The summed E-state index contributed by atoms with van der Waals surface area (Å²) in [5, 5.41) is 25.2. The highest BCUT2D eigenvalue weighted by Crippen LogP contribution is 2.60. The fourth-order valence-electron chi connectivity index (χ4n) is 9.00. The molecule has 286 valence electrons. The first-order chi connectivity index (χ1) is 27.0. The van der Waals surface area contributed by atoms with Gasteiger partial charge in [0.1, 0.15) is 0 Å². The number of aromatic nitrogens is 7. The number of H-pyrrole nitrogens is 2. The van der Waals surface area contributed by atoms with Crippen molar-refractivity contribution in [2.75, 3.05) is 11.5 Å². The minimum absolute atomic E-state index is 0.0509. The van der Waals surface area contributed by atoms with Crippen molar-refractivity contribution in [3.8, 4) is 11.4 Å². The van der Waals surface area contributed by atoms with E-state index in [0.717, 1.165) is 5.56 Å². The molecule has 56 heavy (non-hydrogen) atoms. The molecule has 0 aliphatic carbocycles. The third-order valence-corrected chi connectivity index (χ3v) is 14.0. The third-order valence-electron chi connectivity index (χ3n) is 11.5. The minimum atomic E-state index is -3.48. The number of benzene rings is 4. The van der Waals surface area contributed by atoms with Crippen LogP contribution in [-0.2, 0) is 34.6 Å². The first-order valence-electron chi connectivity index (χ1n) is 18.8. The van der Waals surface area contributed by atoms with Crippen LogP contribution in [0, 0.1) is 5.92 Å². The number of fused-ring (bicyclic) bond motifs is 4. The first-order valence-corrected chi connectivity index (χ1v) is 21.8. The summed E-state index contributed by atoms with van der Waals surface area (Å²) in [4.78, 5) is 43.9. The van der Waals surface area contributed by atoms with Gasteiger partial charge in [-0.25, -0.2) is 9.36 Å². The lowest BCUT2D eigenvalue weighted by molar-refractivity contribution is -0.146. The van der Waals surface area contributed by atoms with Crippen LogP contribution in [0.3, 0.4) is 0 Å². The van der Waals surface area contributed by atoms with Gasteiger partial charge in [0, 0.05) is 42.8 Å². The highest BCUT2D eigenvalue weighted by molar-refractivity contribution is 6.72. The van der Waals surface area contributed by atoms with E-state index < -0.39 is 31.6 Å². The second kappa shape index (κ2) is 13.4. The Kier molecular flexibility index (Phi) is 8.56. The van der Waals surface area contributed by atoms with E-state index in [4.69, 9.17) is 4.74 Å². The standard InChI is InChI=1S/C41H41FN8O5Si/c1-25-37(56(2,3)42)36(17-19-47-24-27(18-20-51)43-46-47)55-41(25)32-22-29(50-39(53)31-12-5-7-14-34(31)45-50)15-16-35(32)48(40(41)54)23-26-9-8-10-28(21-26)49-38(52)30-11-4-6-13-33(30)44-49/h4-16,21-22,24-25,36-37,44-45,51H,17-20,23H2,1-3H3/t25-,36+,37-,41+/m1/s1. The maximum absolute atomic E-state index is 16.6. The summed E-state index contributed by atoms with van der Waals surface area (Å²) in [5.74, 6) is -0.881. The Morgan fingerprint density at radius 3 is 2.18 bits per heavy atom. The van der Waals surface area contributed by atoms with Crippen LogP contribution in [0.4, 0.5) is 9.80 Å². The van der Waals surface area contributed by atoms with Gasteiger partial charge in [-0.2, -0.15) is 0 Å². The Hall–Kier alpha value is -5.90. The topological polar surface area (TPSA) is 156 Å². The average Bonchev–Trinajstić information content (AvgIpc) is 3.98. The molecule has 1 spiro atoms. The average molecular weight is 773 g/mol. The number of hydrogen-bond acceptors (Lipinski definition) is 7. The molecule has 15 heteroatoms. The first kappa shape index (κ1) is 35.8. The lowest BCUT2D eigenvalue weighted by Gasteiger charge is -2.31. The second-order valence-corrected chi connectivity index (χ2v) is 19.2. The number of aryl methyl sites for hydroxylation is 1. The number of amides is 1. The Balaban J connectivity index is 1.14. The second-order valence-electron chi connectivity index (χ2n) is 15.4. The van der Waals surface area contributed by atoms with Crippen molar-refractivity contribution in [2.24, 2.45) is 5.92 Å². The van der Waals surface area contributed by atoms with Gasteiger partial charge in [-0.05, 0) is 79.7 Å². The lowest BCUT2D eigenvalue weighted by atomic mass is 9.82. The molecule has 1 amide bonds. The molecule has 1 fully saturated rings. The van der Waals surface area contributed by atoms with Crippen LogP contribution in [0.5, 0.6) is 0 Å². The SMILES string of the molecule is C[C@@H]1[C@@H]([Si](C)(C)F)[C@H](CCn2cc(CCO)nn2)O[C@@]12C(=O)N(Cc1cccc(-n3[nH]c4ccccc4c3=O)c1)c1ccc(-n3[nH]c4ccccc4c3=O)cc12. The molecule has 0 unspecified atom stereocenters. The molecule has 0 radical (unpaired) electrons. The molecule has 9 rings (SSSR count). The molecule has 2 aliphatic rings. The summed E-state index contributed by atoms with van der Waals surface area (Å²) in [5.41, 5.74) is 2.58. The highest BCUT2D eigenvalue weighted by atomic mass is 28.4. The van der Waals surface area contributed by atoms with E-state index in [-0.39, 0.29) is 30.2 Å². The number of aliphatic hydroxyl groups excluding tert-OH is 1. The number of aliphatic hydroxyl groups is 1. The Morgan fingerprint density at radius 1 is 0.875 bits per heavy atom. The Bertz CT molecular complexity index is 2760. The zero-order valence-corrected chi connectivity index (χ0v) is 32.1. The van der Waals surface area contributed by atoms with Crippen molar-refractivity contribution in [1.82, 2.24) is 34.6 Å². The number of hydrogen-bond donors (Lipinski definition) is 3. The van der Waals surface area contributed by atoms with Crippen molar-refractivity contribution in [2.45, 2.75) is 63.2 Å². The lowest BCUT2D eigenvalue weighted by Crippen LogP contribution is -2.45. The third kappa shape index (κ3) is 5.68. The van der Waals surface area contributed by atoms with Crippen LogP contribution < -0.4 is 16.0 Å². The van der Waals surface area contributed by atoms with Crippen molar-refractivity contribution in [3.05, 3.63) is 135 Å². The molecule has 4 atom stereocenters. The predicted octanol–water partition coefficient (Wildman–Crippen LogP) is 5.49. The molecule has 4 aromatic carbocycles.